The van der Waals surface area contributed by atoms with Gasteiger partial charge in [-0.25, -0.2) is 0 Å². The molecule has 1 amide bonds. The molecular formula is C19H28N4OS2. The van der Waals surface area contributed by atoms with Crippen molar-refractivity contribution >= 4 is 29.0 Å². The van der Waals surface area contributed by atoms with Gasteiger partial charge in [-0.05, 0) is 42.2 Å². The fourth-order valence-electron chi connectivity index (χ4n) is 3.28. The summed E-state index contributed by atoms with van der Waals surface area (Å²) in [5.74, 6) is 2.10. The molecule has 0 bridgehead atoms. The SMILES string of the molecule is CN(C)C(=O)CSc1nnc(-c2cc3c(s2)CC[C@@H](C(C)(C)C)C3)n1C. The predicted octanol–water partition coefficient (Wildman–Crippen LogP) is 3.87. The van der Waals surface area contributed by atoms with Crippen LogP contribution in [0.3, 0.4) is 0 Å². The van der Waals surface area contributed by atoms with Gasteiger partial charge in [0.1, 0.15) is 0 Å². The number of thiophene rings is 1. The van der Waals surface area contributed by atoms with Crippen LogP contribution in [0.25, 0.3) is 10.7 Å². The van der Waals surface area contributed by atoms with Gasteiger partial charge in [-0.3, -0.25) is 4.79 Å². The summed E-state index contributed by atoms with van der Waals surface area (Å²) in [6.07, 6.45) is 3.59. The van der Waals surface area contributed by atoms with Crippen molar-refractivity contribution in [1.29, 1.82) is 0 Å². The number of hydrogen-bond acceptors (Lipinski definition) is 5. The lowest BCUT2D eigenvalue weighted by Gasteiger charge is -2.33. The van der Waals surface area contributed by atoms with E-state index in [4.69, 9.17) is 0 Å². The molecule has 142 valence electrons. The van der Waals surface area contributed by atoms with Crippen LogP contribution in [0.1, 0.15) is 37.6 Å². The molecule has 2 aromatic heterocycles. The average molecular weight is 393 g/mol. The molecule has 0 spiro atoms. The maximum atomic E-state index is 11.8. The summed E-state index contributed by atoms with van der Waals surface area (Å²) < 4.78 is 2.01. The van der Waals surface area contributed by atoms with Gasteiger partial charge in [0.05, 0.1) is 10.6 Å². The minimum Gasteiger partial charge on any atom is -0.348 e. The van der Waals surface area contributed by atoms with Gasteiger partial charge in [-0.2, -0.15) is 0 Å². The van der Waals surface area contributed by atoms with Crippen LogP contribution in [-0.2, 0) is 24.7 Å². The summed E-state index contributed by atoms with van der Waals surface area (Å²) >= 11 is 3.29. The molecule has 1 aliphatic rings. The topological polar surface area (TPSA) is 51.0 Å². The Labute approximate surface area is 164 Å². The Morgan fingerprint density at radius 3 is 2.77 bits per heavy atom. The van der Waals surface area contributed by atoms with Gasteiger partial charge < -0.3 is 9.47 Å². The number of nitrogens with zero attached hydrogens (tertiary/aromatic N) is 4. The van der Waals surface area contributed by atoms with Crippen molar-refractivity contribution in [3.8, 4) is 10.7 Å². The molecule has 1 aliphatic carbocycles. The van der Waals surface area contributed by atoms with E-state index in [-0.39, 0.29) is 5.91 Å². The number of aromatic nitrogens is 3. The van der Waals surface area contributed by atoms with Crippen LogP contribution in [0.2, 0.25) is 0 Å². The quantitative estimate of drug-likeness (QED) is 0.741. The lowest BCUT2D eigenvalue weighted by atomic mass is 9.72. The second-order valence-electron chi connectivity index (χ2n) is 8.31. The van der Waals surface area contributed by atoms with Crippen LogP contribution < -0.4 is 0 Å². The Morgan fingerprint density at radius 2 is 2.12 bits per heavy atom. The van der Waals surface area contributed by atoms with Crippen molar-refractivity contribution < 1.29 is 4.79 Å². The van der Waals surface area contributed by atoms with E-state index >= 15 is 0 Å². The second kappa shape index (κ2) is 7.35. The molecule has 0 unspecified atom stereocenters. The minimum atomic E-state index is 0.0827. The Kier molecular flexibility index (Phi) is 5.49. The summed E-state index contributed by atoms with van der Waals surface area (Å²) in [7, 11) is 5.52. The molecule has 26 heavy (non-hydrogen) atoms. The zero-order chi connectivity index (χ0) is 19.1. The highest BCUT2D eigenvalue weighted by Gasteiger charge is 2.30. The summed E-state index contributed by atoms with van der Waals surface area (Å²) in [5, 5.41) is 9.48. The van der Waals surface area contributed by atoms with E-state index < -0.39 is 0 Å². The van der Waals surface area contributed by atoms with Crippen LogP contribution >= 0.6 is 23.1 Å². The largest absolute Gasteiger partial charge is 0.348 e. The fourth-order valence-corrected chi connectivity index (χ4v) is 5.40. The Morgan fingerprint density at radius 1 is 1.38 bits per heavy atom. The molecule has 0 saturated carbocycles. The number of carbonyl (C=O) groups excluding carboxylic acids is 1. The highest BCUT2D eigenvalue weighted by atomic mass is 32.2. The molecule has 0 radical (unpaired) electrons. The molecule has 0 N–H and O–H groups in total. The van der Waals surface area contributed by atoms with E-state index in [1.165, 1.54) is 39.9 Å². The summed E-state index contributed by atoms with van der Waals surface area (Å²) in [6, 6.07) is 2.31. The molecule has 0 aliphatic heterocycles. The van der Waals surface area contributed by atoms with Gasteiger partial charge >= 0.3 is 0 Å². The maximum absolute atomic E-state index is 11.8. The third kappa shape index (κ3) is 3.98. The Bertz CT molecular complexity index is 801. The molecular weight excluding hydrogens is 364 g/mol. The zero-order valence-corrected chi connectivity index (χ0v) is 18.1. The van der Waals surface area contributed by atoms with Gasteiger partial charge in [0.15, 0.2) is 11.0 Å². The van der Waals surface area contributed by atoms with Crippen molar-refractivity contribution in [3.63, 3.8) is 0 Å². The van der Waals surface area contributed by atoms with Crippen molar-refractivity contribution in [2.45, 2.75) is 45.2 Å². The number of aryl methyl sites for hydroxylation is 1. The number of hydrogen-bond donors (Lipinski definition) is 0. The lowest BCUT2D eigenvalue weighted by Crippen LogP contribution is -2.26. The van der Waals surface area contributed by atoms with E-state index in [0.717, 1.165) is 23.3 Å². The van der Waals surface area contributed by atoms with Crippen molar-refractivity contribution in [3.05, 3.63) is 16.5 Å². The highest BCUT2D eigenvalue weighted by Crippen LogP contribution is 2.42. The first kappa shape index (κ1) is 19.4. The molecule has 7 heteroatoms. The molecule has 1 atom stereocenters. The Balaban J connectivity index is 1.77. The molecule has 3 rings (SSSR count). The van der Waals surface area contributed by atoms with Crippen molar-refractivity contribution in [1.82, 2.24) is 19.7 Å². The van der Waals surface area contributed by atoms with E-state index in [1.807, 2.05) is 23.0 Å². The molecule has 0 saturated heterocycles. The second-order valence-corrected chi connectivity index (χ2v) is 10.4. The zero-order valence-electron chi connectivity index (χ0n) is 16.5. The first-order valence-corrected chi connectivity index (χ1v) is 10.8. The third-order valence-corrected chi connectivity index (χ3v) is 7.42. The average Bonchev–Trinajstić information content (AvgIpc) is 3.13. The van der Waals surface area contributed by atoms with Gasteiger partial charge in [-0.15, -0.1) is 21.5 Å². The van der Waals surface area contributed by atoms with Crippen LogP contribution in [0.5, 0.6) is 0 Å². The monoisotopic (exact) mass is 392 g/mol. The molecule has 2 heterocycles. The van der Waals surface area contributed by atoms with Gasteiger partial charge in [0, 0.05) is 26.0 Å². The van der Waals surface area contributed by atoms with Crippen molar-refractivity contribution in [2.24, 2.45) is 18.4 Å². The first-order chi connectivity index (χ1) is 12.2. The lowest BCUT2D eigenvalue weighted by molar-refractivity contribution is -0.125. The summed E-state index contributed by atoms with van der Waals surface area (Å²) in [6.45, 7) is 7.03. The van der Waals surface area contributed by atoms with E-state index in [9.17, 15) is 4.79 Å². The van der Waals surface area contributed by atoms with Crippen LogP contribution in [0.15, 0.2) is 11.2 Å². The van der Waals surface area contributed by atoms with Crippen LogP contribution in [0.4, 0.5) is 0 Å². The standard InChI is InChI=1S/C19H28N4OS2/c1-19(2,3)13-7-8-14-12(9-13)10-15(26-14)17-20-21-18(23(17)6)25-11-16(24)22(4)5/h10,13H,7-9,11H2,1-6H3/t13-/m1/s1. The number of fused-ring (bicyclic) bond motifs is 1. The number of rotatable bonds is 4. The molecule has 2 aromatic rings. The fraction of sp³-hybridized carbons (Fsp3) is 0.632. The molecule has 0 fully saturated rings. The maximum Gasteiger partial charge on any atom is 0.232 e. The predicted molar refractivity (Wildman–Crippen MR) is 109 cm³/mol. The van der Waals surface area contributed by atoms with Gasteiger partial charge in [0.2, 0.25) is 5.91 Å². The van der Waals surface area contributed by atoms with Crippen LogP contribution in [0, 0.1) is 11.3 Å². The number of amides is 1. The smallest absolute Gasteiger partial charge is 0.232 e. The Hall–Kier alpha value is -1.34. The number of thioether (sulfide) groups is 1. The molecule has 5 nitrogen and oxygen atoms in total. The summed E-state index contributed by atoms with van der Waals surface area (Å²) in [4.78, 5) is 16.1. The number of carbonyl (C=O) groups is 1. The van der Waals surface area contributed by atoms with Crippen LogP contribution in [-0.4, -0.2) is 45.4 Å². The van der Waals surface area contributed by atoms with Crippen molar-refractivity contribution in [2.75, 3.05) is 19.8 Å². The normalized spacial score (nSPS) is 17.2. The van der Waals surface area contributed by atoms with E-state index in [0.29, 0.717) is 11.2 Å². The summed E-state index contributed by atoms with van der Waals surface area (Å²) in [5.41, 5.74) is 1.84. The molecule has 0 aromatic carbocycles. The third-order valence-electron chi connectivity index (χ3n) is 5.19. The van der Waals surface area contributed by atoms with Gasteiger partial charge in [0.25, 0.3) is 0 Å². The minimum absolute atomic E-state index is 0.0827. The van der Waals surface area contributed by atoms with E-state index in [1.54, 1.807) is 19.0 Å². The van der Waals surface area contributed by atoms with E-state index in [2.05, 4.69) is 37.0 Å². The first-order valence-electron chi connectivity index (χ1n) is 9.01. The highest BCUT2D eigenvalue weighted by molar-refractivity contribution is 7.99. The van der Waals surface area contributed by atoms with Gasteiger partial charge in [-0.1, -0.05) is 32.5 Å².